The molecule has 0 saturated carbocycles. The molecule has 0 saturated heterocycles. The third kappa shape index (κ3) is 8.27. The Kier molecular flexibility index (Phi) is 6.17. The molecule has 0 spiro atoms. The van der Waals surface area contributed by atoms with Gasteiger partial charge in [0, 0.05) is 5.75 Å². The molecule has 0 unspecified atom stereocenters. The molecule has 0 N–H and O–H groups in total. The summed E-state index contributed by atoms with van der Waals surface area (Å²) in [5.74, 6) is 1.23. The zero-order chi connectivity index (χ0) is 7.98. The van der Waals surface area contributed by atoms with E-state index in [2.05, 4.69) is 37.4 Å². The van der Waals surface area contributed by atoms with Gasteiger partial charge in [-0.2, -0.15) is 0 Å². The molecule has 0 aliphatic rings. The summed E-state index contributed by atoms with van der Waals surface area (Å²) < 4.78 is 2.15. The predicted molar refractivity (Wildman–Crippen MR) is 49.3 cm³/mol. The topological polar surface area (TPSA) is 6.48 Å². The van der Waals surface area contributed by atoms with E-state index in [9.17, 15) is 0 Å². The second-order valence-corrected chi connectivity index (χ2v) is 4.20. The average molecular weight is 162 g/mol. The molecule has 0 aromatic carbocycles. The maximum absolute atomic E-state index is 2.22. The van der Waals surface area contributed by atoms with Crippen LogP contribution in [-0.4, -0.2) is 49.7 Å². The first kappa shape index (κ1) is 10.3. The molecule has 0 aromatic rings. The molecule has 0 rings (SSSR count). The first-order valence-corrected chi connectivity index (χ1v) is 4.52. The third-order valence-electron chi connectivity index (χ3n) is 1.10. The highest BCUT2D eigenvalue weighted by Crippen LogP contribution is 2.04. The normalized spacial score (nSPS) is 11.4. The molecule has 0 aromatic heterocycles. The quantitative estimate of drug-likeness (QED) is 0.442. The van der Waals surface area contributed by atoms with Gasteiger partial charge in [0.25, 0.3) is 0 Å². The van der Waals surface area contributed by atoms with Crippen molar-refractivity contribution in [3.05, 3.63) is 0 Å². The maximum Gasteiger partial charge on any atom is 0.00928 e. The Morgan fingerprint density at radius 3 is 2.10 bits per heavy atom. The zero-order valence-electron chi connectivity index (χ0n) is 7.42. The van der Waals surface area contributed by atoms with Crippen LogP contribution in [0.5, 0.6) is 0 Å². The van der Waals surface area contributed by atoms with Crippen molar-refractivity contribution >= 4 is 11.9 Å². The average Bonchev–Trinajstić information content (AvgIpc) is 1.79. The lowest BCUT2D eigenvalue weighted by Crippen LogP contribution is -2.14. The summed E-state index contributed by atoms with van der Waals surface area (Å²) in [6, 6.07) is 0. The van der Waals surface area contributed by atoms with E-state index in [1.807, 2.05) is 11.9 Å². The number of nitrogens with zero attached hydrogens (tertiary/aromatic N) is 2. The van der Waals surface area contributed by atoms with E-state index in [1.165, 1.54) is 18.7 Å². The Labute approximate surface area is 68.7 Å². The van der Waals surface area contributed by atoms with Crippen molar-refractivity contribution in [2.75, 3.05) is 40.5 Å². The van der Waals surface area contributed by atoms with Crippen LogP contribution < -0.4 is 0 Å². The Morgan fingerprint density at radius 1 is 1.10 bits per heavy atom. The lowest BCUT2D eigenvalue weighted by Gasteiger charge is -2.10. The van der Waals surface area contributed by atoms with Gasteiger partial charge >= 0.3 is 0 Å². The van der Waals surface area contributed by atoms with Crippen molar-refractivity contribution in [1.29, 1.82) is 0 Å². The van der Waals surface area contributed by atoms with Gasteiger partial charge in [-0.15, -0.1) is 0 Å². The third-order valence-corrected chi connectivity index (χ3v) is 2.09. The van der Waals surface area contributed by atoms with E-state index >= 15 is 0 Å². The van der Waals surface area contributed by atoms with Gasteiger partial charge in [0.2, 0.25) is 0 Å². The van der Waals surface area contributed by atoms with Crippen molar-refractivity contribution in [3.8, 4) is 0 Å². The van der Waals surface area contributed by atoms with Crippen molar-refractivity contribution in [2.45, 2.75) is 6.42 Å². The summed E-state index contributed by atoms with van der Waals surface area (Å²) >= 11 is 1.88. The summed E-state index contributed by atoms with van der Waals surface area (Å²) in [7, 11) is 8.39. The van der Waals surface area contributed by atoms with E-state index in [0.717, 1.165) is 0 Å². The summed E-state index contributed by atoms with van der Waals surface area (Å²) in [4.78, 5) is 2.22. The molecule has 2 nitrogen and oxygen atoms in total. The van der Waals surface area contributed by atoms with Gasteiger partial charge in [0.15, 0.2) is 0 Å². The first-order valence-electron chi connectivity index (χ1n) is 3.58. The number of hydrogen-bond acceptors (Lipinski definition) is 3. The summed E-state index contributed by atoms with van der Waals surface area (Å²) in [5, 5.41) is 0. The molecule has 0 aliphatic carbocycles. The number of hydrogen-bond donors (Lipinski definition) is 0. The largest absolute Gasteiger partial charge is 0.309 e. The molecule has 62 valence electrons. The van der Waals surface area contributed by atoms with Crippen molar-refractivity contribution in [2.24, 2.45) is 0 Å². The second-order valence-electron chi connectivity index (χ2n) is 2.80. The van der Waals surface area contributed by atoms with Crippen molar-refractivity contribution < 1.29 is 0 Å². The van der Waals surface area contributed by atoms with Gasteiger partial charge < -0.3 is 4.90 Å². The minimum absolute atomic E-state index is 1.20. The fourth-order valence-corrected chi connectivity index (χ4v) is 1.25. The minimum atomic E-state index is 1.20. The highest BCUT2D eigenvalue weighted by Gasteiger charge is 1.92. The molecule has 0 fully saturated rings. The molecule has 0 amide bonds. The Balaban J connectivity index is 2.91. The zero-order valence-corrected chi connectivity index (χ0v) is 8.24. The lowest BCUT2D eigenvalue weighted by molar-refractivity contribution is 0.409. The van der Waals surface area contributed by atoms with Crippen LogP contribution in [-0.2, 0) is 0 Å². The van der Waals surface area contributed by atoms with E-state index in [1.54, 1.807) is 0 Å². The van der Waals surface area contributed by atoms with Gasteiger partial charge in [0.05, 0.1) is 0 Å². The monoisotopic (exact) mass is 162 g/mol. The molecule has 3 heteroatoms. The van der Waals surface area contributed by atoms with Crippen LogP contribution in [0.25, 0.3) is 0 Å². The van der Waals surface area contributed by atoms with Crippen LogP contribution in [0.1, 0.15) is 6.42 Å². The molecule has 0 bridgehead atoms. The van der Waals surface area contributed by atoms with Crippen LogP contribution in [0, 0.1) is 0 Å². The molecule has 0 aliphatic heterocycles. The van der Waals surface area contributed by atoms with Gasteiger partial charge in [-0.25, -0.2) is 0 Å². The van der Waals surface area contributed by atoms with E-state index in [0.29, 0.717) is 0 Å². The number of rotatable bonds is 5. The van der Waals surface area contributed by atoms with Gasteiger partial charge in [0.1, 0.15) is 0 Å². The van der Waals surface area contributed by atoms with Crippen LogP contribution in [0.4, 0.5) is 0 Å². The Hall–Kier alpha value is 0.270. The van der Waals surface area contributed by atoms with E-state index in [-0.39, 0.29) is 0 Å². The fraction of sp³-hybridized carbons (Fsp3) is 1.00. The van der Waals surface area contributed by atoms with Crippen LogP contribution in [0.3, 0.4) is 0 Å². The maximum atomic E-state index is 2.22. The van der Waals surface area contributed by atoms with Gasteiger partial charge in [-0.3, -0.25) is 4.31 Å². The molecule has 0 radical (unpaired) electrons. The Bertz CT molecular complexity index is 64.0. The highest BCUT2D eigenvalue weighted by molar-refractivity contribution is 7.96. The second kappa shape index (κ2) is 6.01. The van der Waals surface area contributed by atoms with Crippen LogP contribution in [0.2, 0.25) is 0 Å². The smallest absolute Gasteiger partial charge is 0.00928 e. The molecule has 0 atom stereocenters. The van der Waals surface area contributed by atoms with Crippen LogP contribution >= 0.6 is 11.9 Å². The van der Waals surface area contributed by atoms with Crippen LogP contribution in [0.15, 0.2) is 0 Å². The molecule has 10 heavy (non-hydrogen) atoms. The fourth-order valence-electron chi connectivity index (χ4n) is 0.628. The summed E-state index contributed by atoms with van der Waals surface area (Å²) in [6.07, 6.45) is 1.27. The van der Waals surface area contributed by atoms with E-state index < -0.39 is 0 Å². The van der Waals surface area contributed by atoms with Crippen molar-refractivity contribution in [1.82, 2.24) is 9.21 Å². The molecular formula is C7H18N2S. The van der Waals surface area contributed by atoms with Crippen molar-refractivity contribution in [3.63, 3.8) is 0 Å². The van der Waals surface area contributed by atoms with Gasteiger partial charge in [-0.1, -0.05) is 11.9 Å². The summed E-state index contributed by atoms with van der Waals surface area (Å²) in [6.45, 7) is 1.20. The lowest BCUT2D eigenvalue weighted by atomic mass is 10.5. The summed E-state index contributed by atoms with van der Waals surface area (Å²) in [5.41, 5.74) is 0. The van der Waals surface area contributed by atoms with E-state index in [4.69, 9.17) is 0 Å². The first-order chi connectivity index (χ1) is 4.63. The highest BCUT2D eigenvalue weighted by atomic mass is 32.2. The standard InChI is InChI=1S/C7H18N2S/c1-8(2)6-5-7-10-9(3)4/h5-7H2,1-4H3. The molecule has 0 heterocycles. The SMILES string of the molecule is CN(C)CCCSN(C)C. The Morgan fingerprint density at radius 2 is 1.70 bits per heavy atom. The molecular weight excluding hydrogens is 144 g/mol. The predicted octanol–water partition coefficient (Wildman–Crippen LogP) is 1.15. The minimum Gasteiger partial charge on any atom is -0.309 e. The van der Waals surface area contributed by atoms with Gasteiger partial charge in [-0.05, 0) is 41.2 Å².